The van der Waals surface area contributed by atoms with Gasteiger partial charge in [0.2, 0.25) is 5.89 Å². The van der Waals surface area contributed by atoms with Gasteiger partial charge in [0.05, 0.1) is 16.8 Å². The molecule has 0 saturated carbocycles. The number of benzene rings is 1. The smallest absolute Gasteiger partial charge is 0.284 e. The molecule has 5 rings (SSSR count). The van der Waals surface area contributed by atoms with E-state index in [0.717, 1.165) is 35.2 Å². The highest BCUT2D eigenvalue weighted by Crippen LogP contribution is 2.35. The van der Waals surface area contributed by atoms with Crippen molar-refractivity contribution < 1.29 is 4.42 Å². The summed E-state index contributed by atoms with van der Waals surface area (Å²) in [6.45, 7) is 0. The second-order valence-corrected chi connectivity index (χ2v) is 8.95. The van der Waals surface area contributed by atoms with Crippen LogP contribution in [-0.4, -0.2) is 19.7 Å². The first kappa shape index (κ1) is 17.8. The molecule has 0 bridgehead atoms. The Morgan fingerprint density at radius 1 is 1.25 bits per heavy atom. The summed E-state index contributed by atoms with van der Waals surface area (Å²) < 4.78 is 7.05. The molecule has 3 aromatic heterocycles. The summed E-state index contributed by atoms with van der Waals surface area (Å²) in [7, 11) is 0. The molecule has 0 saturated heterocycles. The van der Waals surface area contributed by atoms with Crippen molar-refractivity contribution in [2.45, 2.75) is 36.6 Å². The molecular weight excluding hydrogens is 412 g/mol. The lowest BCUT2D eigenvalue weighted by atomic mass is 9.97. The van der Waals surface area contributed by atoms with Gasteiger partial charge < -0.3 is 4.42 Å². The van der Waals surface area contributed by atoms with Crippen LogP contribution in [0.4, 0.5) is 0 Å². The lowest BCUT2D eigenvalue weighted by molar-refractivity contribution is 0.500. The van der Waals surface area contributed by atoms with E-state index in [1.165, 1.54) is 28.6 Å². The van der Waals surface area contributed by atoms with Crippen molar-refractivity contribution in [3.8, 4) is 5.69 Å². The number of nitrogens with one attached hydrogen (secondary N) is 1. The van der Waals surface area contributed by atoms with Crippen LogP contribution in [0.15, 0.2) is 44.7 Å². The van der Waals surface area contributed by atoms with Crippen LogP contribution in [0.3, 0.4) is 0 Å². The maximum Gasteiger partial charge on any atom is 0.284 e. The molecule has 1 N–H and O–H groups in total. The topological polar surface area (TPSA) is 76.7 Å². The molecule has 1 aromatic carbocycles. The van der Waals surface area contributed by atoms with Crippen LogP contribution >= 0.6 is 35.3 Å². The summed E-state index contributed by atoms with van der Waals surface area (Å²) in [5, 5.41) is 8.08. The monoisotopic (exact) mass is 428 g/mol. The van der Waals surface area contributed by atoms with Crippen LogP contribution in [0.5, 0.6) is 0 Å². The molecule has 0 fully saturated rings. The maximum atomic E-state index is 13.6. The van der Waals surface area contributed by atoms with Gasteiger partial charge in [-0.25, -0.2) is 10.1 Å². The van der Waals surface area contributed by atoms with E-state index < -0.39 is 0 Å². The maximum absolute atomic E-state index is 13.6. The van der Waals surface area contributed by atoms with Gasteiger partial charge in [-0.15, -0.1) is 16.4 Å². The number of hydrogen-bond donors (Lipinski definition) is 1. The molecule has 6 nitrogen and oxygen atoms in total. The Bertz CT molecular complexity index is 1270. The van der Waals surface area contributed by atoms with Crippen LogP contribution in [0.1, 0.15) is 29.2 Å². The second kappa shape index (κ2) is 7.31. The van der Waals surface area contributed by atoms with Crippen molar-refractivity contribution in [3.63, 3.8) is 0 Å². The van der Waals surface area contributed by atoms with Crippen LogP contribution in [0.25, 0.3) is 15.9 Å². The number of nitrogens with zero attached hydrogens (tertiary/aromatic N) is 3. The minimum atomic E-state index is 0.000949. The molecule has 0 radical (unpaired) electrons. The molecule has 142 valence electrons. The standard InChI is InChI=1S/C19H16N4O2S3/c24-17-15-12-8-4-5-9-13(12)28-16(15)20-18(23(17)11-6-2-1-3-7-11)27-10-14-21-22-19(26)25-14/h1-3,6-7H,4-5,8-10H2,(H,22,26). The molecule has 4 aromatic rings. The fourth-order valence-corrected chi connectivity index (χ4v) is 5.84. The number of thiophene rings is 1. The van der Waals surface area contributed by atoms with Crippen LogP contribution < -0.4 is 5.56 Å². The minimum Gasteiger partial charge on any atom is -0.413 e. The normalized spacial score (nSPS) is 13.7. The fourth-order valence-electron chi connectivity index (χ4n) is 3.54. The van der Waals surface area contributed by atoms with Gasteiger partial charge in [0.15, 0.2) is 5.16 Å². The Balaban J connectivity index is 1.68. The number of aryl methyl sites for hydroxylation is 2. The van der Waals surface area contributed by atoms with E-state index in [-0.39, 0.29) is 10.4 Å². The van der Waals surface area contributed by atoms with E-state index in [9.17, 15) is 4.79 Å². The Hall–Kier alpha value is -2.23. The van der Waals surface area contributed by atoms with Crippen molar-refractivity contribution >= 4 is 45.5 Å². The lowest BCUT2D eigenvalue weighted by Crippen LogP contribution is -2.22. The van der Waals surface area contributed by atoms with Gasteiger partial charge in [0.25, 0.3) is 10.4 Å². The number of rotatable bonds is 4. The Labute approximate surface area is 173 Å². The van der Waals surface area contributed by atoms with Crippen molar-refractivity contribution in [1.82, 2.24) is 19.7 Å². The number of hydrogen-bond acceptors (Lipinski definition) is 7. The second-order valence-electron chi connectivity index (χ2n) is 6.56. The van der Waals surface area contributed by atoms with Crippen molar-refractivity contribution in [2.75, 3.05) is 0 Å². The van der Waals surface area contributed by atoms with Gasteiger partial charge in [-0.1, -0.05) is 30.0 Å². The summed E-state index contributed by atoms with van der Waals surface area (Å²) in [6, 6.07) is 9.65. The SMILES string of the molecule is O=c1c2c3c(sc2nc(SCc2n[nH]c(=S)o2)n1-c1ccccc1)CCCC3. The van der Waals surface area contributed by atoms with Crippen molar-refractivity contribution in [2.24, 2.45) is 0 Å². The third-order valence-electron chi connectivity index (χ3n) is 4.78. The quantitative estimate of drug-likeness (QED) is 0.289. The molecule has 0 unspecified atom stereocenters. The first-order valence-corrected chi connectivity index (χ1v) is 11.2. The van der Waals surface area contributed by atoms with E-state index in [2.05, 4.69) is 10.2 Å². The Morgan fingerprint density at radius 3 is 2.86 bits per heavy atom. The number of H-pyrrole nitrogens is 1. The van der Waals surface area contributed by atoms with Gasteiger partial charge >= 0.3 is 0 Å². The van der Waals surface area contributed by atoms with E-state index >= 15 is 0 Å². The fraction of sp³-hybridized carbons (Fsp3) is 0.263. The zero-order valence-corrected chi connectivity index (χ0v) is 17.3. The molecule has 0 aliphatic heterocycles. The zero-order chi connectivity index (χ0) is 19.1. The molecule has 0 spiro atoms. The predicted molar refractivity (Wildman–Crippen MR) is 113 cm³/mol. The third kappa shape index (κ3) is 3.13. The third-order valence-corrected chi connectivity index (χ3v) is 7.06. The highest BCUT2D eigenvalue weighted by atomic mass is 32.2. The minimum absolute atomic E-state index is 0.000949. The molecule has 28 heavy (non-hydrogen) atoms. The summed E-state index contributed by atoms with van der Waals surface area (Å²) in [5.41, 5.74) is 2.01. The summed E-state index contributed by atoms with van der Waals surface area (Å²) in [5.74, 6) is 0.914. The van der Waals surface area contributed by atoms with Gasteiger partial charge in [-0.2, -0.15) is 0 Å². The van der Waals surface area contributed by atoms with Gasteiger partial charge in [0.1, 0.15) is 4.83 Å². The van der Waals surface area contributed by atoms with Gasteiger partial charge in [0, 0.05) is 4.88 Å². The van der Waals surface area contributed by atoms with Crippen molar-refractivity contribution in [3.05, 3.63) is 61.9 Å². The van der Waals surface area contributed by atoms with E-state index in [1.54, 1.807) is 15.9 Å². The van der Waals surface area contributed by atoms with Crippen molar-refractivity contribution in [1.29, 1.82) is 0 Å². The Morgan fingerprint density at radius 2 is 2.07 bits per heavy atom. The highest BCUT2D eigenvalue weighted by Gasteiger charge is 2.23. The summed E-state index contributed by atoms with van der Waals surface area (Å²) >= 11 is 8.01. The van der Waals surface area contributed by atoms with Crippen LogP contribution in [-0.2, 0) is 18.6 Å². The zero-order valence-electron chi connectivity index (χ0n) is 14.8. The molecule has 9 heteroatoms. The largest absolute Gasteiger partial charge is 0.413 e. The summed E-state index contributed by atoms with van der Waals surface area (Å²) in [4.78, 5) is 20.8. The molecule has 1 aliphatic rings. The number of para-hydroxylation sites is 1. The number of aromatic nitrogens is 4. The first-order valence-electron chi connectivity index (χ1n) is 9.00. The summed E-state index contributed by atoms with van der Waals surface area (Å²) in [6.07, 6.45) is 4.31. The number of aromatic amines is 1. The molecule has 1 aliphatic carbocycles. The average Bonchev–Trinajstić information content (AvgIpc) is 3.30. The van der Waals surface area contributed by atoms with Crippen LogP contribution in [0, 0.1) is 4.84 Å². The molecular formula is C19H16N4O2S3. The van der Waals surface area contributed by atoms with Gasteiger partial charge in [-0.3, -0.25) is 9.36 Å². The lowest BCUT2D eigenvalue weighted by Gasteiger charge is -2.13. The van der Waals surface area contributed by atoms with E-state index in [0.29, 0.717) is 16.8 Å². The first-order chi connectivity index (χ1) is 13.7. The predicted octanol–water partition coefficient (Wildman–Crippen LogP) is 4.66. The van der Waals surface area contributed by atoms with E-state index in [4.69, 9.17) is 21.6 Å². The van der Waals surface area contributed by atoms with E-state index in [1.807, 2.05) is 30.3 Å². The molecule has 0 atom stereocenters. The molecule has 3 heterocycles. The van der Waals surface area contributed by atoms with Crippen LogP contribution in [0.2, 0.25) is 0 Å². The number of fused-ring (bicyclic) bond motifs is 3. The highest BCUT2D eigenvalue weighted by molar-refractivity contribution is 7.98. The Kier molecular flexibility index (Phi) is 4.65. The average molecular weight is 429 g/mol. The molecule has 0 amide bonds. The van der Waals surface area contributed by atoms with Gasteiger partial charge in [-0.05, 0) is 55.6 Å². The number of thioether (sulfide) groups is 1.